The summed E-state index contributed by atoms with van der Waals surface area (Å²) in [5, 5.41) is 0.927. The minimum absolute atomic E-state index is 0.0297. The number of nitrogens with zero attached hydrogens (tertiary/aromatic N) is 2. The molecule has 0 spiro atoms. The van der Waals surface area contributed by atoms with Crippen molar-refractivity contribution in [3.05, 3.63) is 57.1 Å². The highest BCUT2D eigenvalue weighted by molar-refractivity contribution is 14.1. The van der Waals surface area contributed by atoms with Crippen molar-refractivity contribution in [2.45, 2.75) is 6.54 Å². The average Bonchev–Trinajstić information content (AvgIpc) is 2.96. The van der Waals surface area contributed by atoms with Crippen LogP contribution in [0.2, 0.25) is 0 Å². The van der Waals surface area contributed by atoms with E-state index in [4.69, 9.17) is 4.74 Å². The molecule has 2 aromatic carbocycles. The minimum atomic E-state index is -0.0668. The largest absolute Gasteiger partial charge is 0.484 e. The molecule has 0 atom stereocenters. The molecular weight excluding hydrogens is 423 g/mol. The van der Waals surface area contributed by atoms with Crippen molar-refractivity contribution in [1.29, 1.82) is 0 Å². The molecule has 0 aliphatic rings. The first kappa shape index (κ1) is 16.2. The Morgan fingerprint density at radius 2 is 1.96 bits per heavy atom. The van der Waals surface area contributed by atoms with Crippen LogP contribution in [0.4, 0.5) is 0 Å². The second-order valence-electron chi connectivity index (χ2n) is 5.07. The number of carbonyl (C=O) groups excluding carboxylic acids is 1. The molecule has 3 aromatic rings. The molecule has 0 bridgehead atoms. The first-order valence-corrected chi connectivity index (χ1v) is 8.98. The number of ether oxygens (including phenoxy) is 1. The minimum Gasteiger partial charge on any atom is -0.484 e. The number of carbonyl (C=O) groups is 1. The molecule has 23 heavy (non-hydrogen) atoms. The molecule has 1 amide bonds. The van der Waals surface area contributed by atoms with Crippen LogP contribution in [-0.4, -0.2) is 29.4 Å². The fourth-order valence-electron chi connectivity index (χ4n) is 2.06. The van der Waals surface area contributed by atoms with Crippen LogP contribution in [-0.2, 0) is 11.3 Å². The standard InChI is InChI=1S/C17H15IN2O2S/c1-20(10-16-19-14-4-2-3-5-15(14)23-16)17(21)11-22-13-8-6-12(18)7-9-13/h2-9H,10-11H2,1H3. The third-order valence-corrected chi connectivity index (χ3v) is 5.05. The Bertz CT molecular complexity index is 784. The summed E-state index contributed by atoms with van der Waals surface area (Å²) in [4.78, 5) is 18.4. The number of rotatable bonds is 5. The molecule has 0 fully saturated rings. The Hall–Kier alpha value is -1.67. The van der Waals surface area contributed by atoms with Crippen LogP contribution in [0, 0.1) is 3.57 Å². The number of aromatic nitrogens is 1. The van der Waals surface area contributed by atoms with E-state index in [2.05, 4.69) is 27.6 Å². The highest BCUT2D eigenvalue weighted by Gasteiger charge is 2.13. The van der Waals surface area contributed by atoms with E-state index in [-0.39, 0.29) is 12.5 Å². The zero-order valence-corrected chi connectivity index (χ0v) is 15.5. The van der Waals surface area contributed by atoms with Crippen molar-refractivity contribution in [3.63, 3.8) is 0 Å². The van der Waals surface area contributed by atoms with Crippen LogP contribution in [0.3, 0.4) is 0 Å². The van der Waals surface area contributed by atoms with E-state index in [1.54, 1.807) is 23.3 Å². The maximum Gasteiger partial charge on any atom is 0.260 e. The SMILES string of the molecule is CN(Cc1nc2ccccc2s1)C(=O)COc1ccc(I)cc1. The summed E-state index contributed by atoms with van der Waals surface area (Å²) < 4.78 is 7.80. The van der Waals surface area contributed by atoms with E-state index in [0.717, 1.165) is 18.8 Å². The number of fused-ring (bicyclic) bond motifs is 1. The first-order chi connectivity index (χ1) is 11.1. The predicted octanol–water partition coefficient (Wildman–Crippen LogP) is 3.94. The number of amides is 1. The second kappa shape index (κ2) is 7.27. The van der Waals surface area contributed by atoms with E-state index in [0.29, 0.717) is 12.3 Å². The summed E-state index contributed by atoms with van der Waals surface area (Å²) in [6, 6.07) is 15.6. The second-order valence-corrected chi connectivity index (χ2v) is 7.43. The maximum absolute atomic E-state index is 12.2. The van der Waals surface area contributed by atoms with Gasteiger partial charge in [0.05, 0.1) is 16.8 Å². The molecule has 0 saturated carbocycles. The molecule has 1 aromatic heterocycles. The van der Waals surface area contributed by atoms with Gasteiger partial charge in [-0.3, -0.25) is 4.79 Å². The van der Waals surface area contributed by atoms with Crippen LogP contribution >= 0.6 is 33.9 Å². The van der Waals surface area contributed by atoms with Gasteiger partial charge in [0.15, 0.2) is 6.61 Å². The highest BCUT2D eigenvalue weighted by atomic mass is 127. The van der Waals surface area contributed by atoms with Gasteiger partial charge in [-0.25, -0.2) is 4.98 Å². The monoisotopic (exact) mass is 438 g/mol. The van der Waals surface area contributed by atoms with Crippen molar-refractivity contribution in [2.75, 3.05) is 13.7 Å². The number of likely N-dealkylation sites (N-methyl/N-ethyl adjacent to an activating group) is 1. The number of benzene rings is 2. The fourth-order valence-corrected chi connectivity index (χ4v) is 3.45. The zero-order valence-electron chi connectivity index (χ0n) is 12.5. The highest BCUT2D eigenvalue weighted by Crippen LogP contribution is 2.22. The summed E-state index contributed by atoms with van der Waals surface area (Å²) in [5.74, 6) is 0.634. The quantitative estimate of drug-likeness (QED) is 0.567. The molecule has 118 valence electrons. The summed E-state index contributed by atoms with van der Waals surface area (Å²) in [5.41, 5.74) is 0.975. The van der Waals surface area contributed by atoms with Crippen molar-refractivity contribution in [3.8, 4) is 5.75 Å². The van der Waals surface area contributed by atoms with Gasteiger partial charge in [0.1, 0.15) is 10.8 Å². The Labute approximate surface area is 152 Å². The molecule has 3 rings (SSSR count). The summed E-state index contributed by atoms with van der Waals surface area (Å²) >= 11 is 3.84. The summed E-state index contributed by atoms with van der Waals surface area (Å²) in [6.07, 6.45) is 0. The smallest absolute Gasteiger partial charge is 0.260 e. The summed E-state index contributed by atoms with van der Waals surface area (Å²) in [6.45, 7) is 0.524. The topological polar surface area (TPSA) is 42.4 Å². The van der Waals surface area contributed by atoms with E-state index in [1.165, 1.54) is 0 Å². The zero-order chi connectivity index (χ0) is 16.2. The lowest BCUT2D eigenvalue weighted by atomic mass is 10.3. The van der Waals surface area contributed by atoms with E-state index >= 15 is 0 Å². The molecular formula is C17H15IN2O2S. The molecule has 0 radical (unpaired) electrons. The molecule has 0 N–H and O–H groups in total. The van der Waals surface area contributed by atoms with E-state index in [1.807, 2.05) is 48.5 Å². The number of para-hydroxylation sites is 1. The van der Waals surface area contributed by atoms with Crippen LogP contribution < -0.4 is 4.74 Å². The Morgan fingerprint density at radius 1 is 1.22 bits per heavy atom. The van der Waals surface area contributed by atoms with Gasteiger partial charge in [0.25, 0.3) is 5.91 Å². The fraction of sp³-hybridized carbons (Fsp3) is 0.176. The van der Waals surface area contributed by atoms with Gasteiger partial charge in [-0.1, -0.05) is 12.1 Å². The Morgan fingerprint density at radius 3 is 2.70 bits per heavy atom. The normalized spacial score (nSPS) is 10.7. The lowest BCUT2D eigenvalue weighted by molar-refractivity contribution is -0.132. The van der Waals surface area contributed by atoms with Gasteiger partial charge in [0, 0.05) is 10.6 Å². The van der Waals surface area contributed by atoms with Gasteiger partial charge >= 0.3 is 0 Å². The van der Waals surface area contributed by atoms with Crippen molar-refractivity contribution >= 4 is 50.1 Å². The number of hydrogen-bond acceptors (Lipinski definition) is 4. The van der Waals surface area contributed by atoms with Crippen LogP contribution in [0.15, 0.2) is 48.5 Å². The van der Waals surface area contributed by atoms with E-state index < -0.39 is 0 Å². The van der Waals surface area contributed by atoms with Gasteiger partial charge in [-0.05, 0) is 59.0 Å². The molecule has 0 saturated heterocycles. The van der Waals surface area contributed by atoms with Crippen LogP contribution in [0.25, 0.3) is 10.2 Å². The maximum atomic E-state index is 12.2. The third kappa shape index (κ3) is 4.20. The van der Waals surface area contributed by atoms with E-state index in [9.17, 15) is 4.79 Å². The lowest BCUT2D eigenvalue weighted by Crippen LogP contribution is -2.30. The number of halogens is 1. The van der Waals surface area contributed by atoms with Crippen molar-refractivity contribution in [2.24, 2.45) is 0 Å². The van der Waals surface area contributed by atoms with Gasteiger partial charge in [-0.2, -0.15) is 0 Å². The molecule has 4 nitrogen and oxygen atoms in total. The molecule has 0 aliphatic carbocycles. The molecule has 1 heterocycles. The van der Waals surface area contributed by atoms with Gasteiger partial charge < -0.3 is 9.64 Å². The van der Waals surface area contributed by atoms with Crippen molar-refractivity contribution < 1.29 is 9.53 Å². The van der Waals surface area contributed by atoms with Crippen LogP contribution in [0.5, 0.6) is 5.75 Å². The third-order valence-electron chi connectivity index (χ3n) is 3.31. The average molecular weight is 438 g/mol. The number of thiazole rings is 1. The van der Waals surface area contributed by atoms with Gasteiger partial charge in [0.2, 0.25) is 0 Å². The number of hydrogen-bond donors (Lipinski definition) is 0. The predicted molar refractivity (Wildman–Crippen MR) is 101 cm³/mol. The molecule has 6 heteroatoms. The van der Waals surface area contributed by atoms with Crippen LogP contribution in [0.1, 0.15) is 5.01 Å². The lowest BCUT2D eigenvalue weighted by Gasteiger charge is -2.16. The van der Waals surface area contributed by atoms with Gasteiger partial charge in [-0.15, -0.1) is 11.3 Å². The molecule has 0 unspecified atom stereocenters. The molecule has 0 aliphatic heterocycles. The summed E-state index contributed by atoms with van der Waals surface area (Å²) in [7, 11) is 1.77. The Balaban J connectivity index is 1.57. The Kier molecular flexibility index (Phi) is 5.12. The van der Waals surface area contributed by atoms with Crippen molar-refractivity contribution in [1.82, 2.24) is 9.88 Å². The first-order valence-electron chi connectivity index (χ1n) is 7.08.